The van der Waals surface area contributed by atoms with Gasteiger partial charge in [-0.25, -0.2) is 0 Å². The van der Waals surface area contributed by atoms with Gasteiger partial charge in [-0.15, -0.1) is 5.10 Å². The molecule has 0 saturated heterocycles. The molecule has 4 rings (SSSR count). The Hall–Kier alpha value is -3.28. The van der Waals surface area contributed by atoms with Crippen molar-refractivity contribution in [1.29, 1.82) is 0 Å². The fourth-order valence-corrected chi connectivity index (χ4v) is 3.39. The van der Waals surface area contributed by atoms with Crippen LogP contribution in [-0.4, -0.2) is 30.8 Å². The van der Waals surface area contributed by atoms with E-state index in [-0.39, 0.29) is 5.91 Å². The minimum absolute atomic E-state index is 0.0190. The van der Waals surface area contributed by atoms with Gasteiger partial charge in [0.2, 0.25) is 5.91 Å². The Morgan fingerprint density at radius 3 is 2.59 bits per heavy atom. The molecule has 136 valence electrons. The molecule has 0 unspecified atom stereocenters. The van der Waals surface area contributed by atoms with Crippen LogP contribution in [0.25, 0.3) is 16.6 Å². The molecule has 2 aromatic carbocycles. The zero-order valence-corrected chi connectivity index (χ0v) is 15.7. The number of rotatable bonds is 4. The van der Waals surface area contributed by atoms with Crippen molar-refractivity contribution >= 4 is 22.5 Å². The Balaban J connectivity index is 1.74. The molecule has 0 spiro atoms. The molecule has 2 aromatic heterocycles. The Labute approximate surface area is 157 Å². The summed E-state index contributed by atoms with van der Waals surface area (Å²) in [5.74, 6) is 0.0190. The van der Waals surface area contributed by atoms with E-state index in [1.165, 1.54) is 5.56 Å². The number of amides is 1. The second kappa shape index (κ2) is 6.79. The molecule has 0 bridgehead atoms. The molecule has 0 fully saturated rings. The second-order valence-electron chi connectivity index (χ2n) is 6.96. The largest absolute Gasteiger partial charge is 0.334 e. The van der Waals surface area contributed by atoms with Crippen molar-refractivity contribution in [1.82, 2.24) is 24.9 Å². The van der Waals surface area contributed by atoms with Gasteiger partial charge in [0.1, 0.15) is 0 Å². The number of tetrazole rings is 1. The SMILES string of the molecule is CC(=O)N(Cc1ccc(C)cc1)Cc1cc2cccc(C)c2n2nnnc12. The van der Waals surface area contributed by atoms with E-state index < -0.39 is 0 Å². The highest BCUT2D eigenvalue weighted by Gasteiger charge is 2.16. The molecule has 27 heavy (non-hydrogen) atoms. The van der Waals surface area contributed by atoms with Gasteiger partial charge >= 0.3 is 0 Å². The van der Waals surface area contributed by atoms with E-state index in [0.717, 1.165) is 27.6 Å². The van der Waals surface area contributed by atoms with Gasteiger partial charge in [0.05, 0.1) is 5.52 Å². The second-order valence-corrected chi connectivity index (χ2v) is 6.96. The van der Waals surface area contributed by atoms with Gasteiger partial charge in [-0.3, -0.25) is 4.79 Å². The van der Waals surface area contributed by atoms with E-state index in [0.29, 0.717) is 18.7 Å². The predicted octanol–water partition coefficient (Wildman–Crippen LogP) is 3.44. The highest BCUT2D eigenvalue weighted by Crippen LogP contribution is 2.23. The van der Waals surface area contributed by atoms with Crippen molar-refractivity contribution in [2.75, 3.05) is 0 Å². The minimum atomic E-state index is 0.0190. The number of aromatic nitrogens is 4. The van der Waals surface area contributed by atoms with Crippen LogP contribution in [0.1, 0.15) is 29.2 Å². The molecule has 0 aliphatic heterocycles. The number of para-hydroxylation sites is 1. The van der Waals surface area contributed by atoms with Crippen LogP contribution in [0.2, 0.25) is 0 Å². The first-order valence-corrected chi connectivity index (χ1v) is 8.93. The summed E-state index contributed by atoms with van der Waals surface area (Å²) in [6, 6.07) is 16.4. The third-order valence-electron chi connectivity index (χ3n) is 4.87. The highest BCUT2D eigenvalue weighted by molar-refractivity contribution is 5.86. The van der Waals surface area contributed by atoms with Crippen molar-refractivity contribution in [2.45, 2.75) is 33.9 Å². The lowest BCUT2D eigenvalue weighted by Gasteiger charge is -2.22. The number of carbonyl (C=O) groups excluding carboxylic acids is 1. The maximum absolute atomic E-state index is 12.3. The summed E-state index contributed by atoms with van der Waals surface area (Å²) in [6.45, 7) is 6.70. The van der Waals surface area contributed by atoms with Crippen molar-refractivity contribution in [3.63, 3.8) is 0 Å². The van der Waals surface area contributed by atoms with E-state index in [4.69, 9.17) is 0 Å². The van der Waals surface area contributed by atoms with Gasteiger partial charge in [-0.2, -0.15) is 4.52 Å². The Morgan fingerprint density at radius 1 is 1.07 bits per heavy atom. The average Bonchev–Trinajstić information content (AvgIpc) is 3.13. The zero-order valence-electron chi connectivity index (χ0n) is 15.7. The molecule has 0 aliphatic rings. The molecule has 4 aromatic rings. The van der Waals surface area contributed by atoms with Gasteiger partial charge in [-0.05, 0) is 41.5 Å². The summed E-state index contributed by atoms with van der Waals surface area (Å²) < 4.78 is 1.77. The van der Waals surface area contributed by atoms with E-state index in [1.807, 2.05) is 30.0 Å². The summed E-state index contributed by atoms with van der Waals surface area (Å²) in [4.78, 5) is 14.1. The van der Waals surface area contributed by atoms with Crippen molar-refractivity contribution in [3.05, 3.63) is 70.8 Å². The monoisotopic (exact) mass is 359 g/mol. The number of carbonyl (C=O) groups is 1. The van der Waals surface area contributed by atoms with Gasteiger partial charge in [0.15, 0.2) is 5.65 Å². The predicted molar refractivity (Wildman–Crippen MR) is 104 cm³/mol. The Bertz CT molecular complexity index is 1130. The number of nitrogens with zero attached hydrogens (tertiary/aromatic N) is 5. The molecule has 2 heterocycles. The summed E-state index contributed by atoms with van der Waals surface area (Å²) in [5.41, 5.74) is 6.03. The number of benzene rings is 2. The highest BCUT2D eigenvalue weighted by atomic mass is 16.2. The standard InChI is InChI=1S/C21H21N5O/c1-14-7-9-17(10-8-14)12-25(16(3)27)13-19-11-18-6-4-5-15(2)20(18)26-21(19)22-23-24-26/h4-11H,12-13H2,1-3H3. The number of hydrogen-bond donors (Lipinski definition) is 0. The lowest BCUT2D eigenvalue weighted by Crippen LogP contribution is -2.28. The molecule has 0 atom stereocenters. The number of hydrogen-bond acceptors (Lipinski definition) is 4. The third-order valence-corrected chi connectivity index (χ3v) is 4.87. The molecule has 0 N–H and O–H groups in total. The van der Waals surface area contributed by atoms with Crippen LogP contribution in [0.4, 0.5) is 0 Å². The Morgan fingerprint density at radius 2 is 1.85 bits per heavy atom. The van der Waals surface area contributed by atoms with E-state index in [2.05, 4.69) is 52.8 Å². The smallest absolute Gasteiger partial charge is 0.220 e. The average molecular weight is 359 g/mol. The summed E-state index contributed by atoms with van der Waals surface area (Å²) in [7, 11) is 0. The van der Waals surface area contributed by atoms with E-state index in [1.54, 1.807) is 11.4 Å². The van der Waals surface area contributed by atoms with Gasteiger partial charge in [0.25, 0.3) is 0 Å². The van der Waals surface area contributed by atoms with E-state index in [9.17, 15) is 4.79 Å². The first kappa shape index (κ1) is 17.1. The Kier molecular flexibility index (Phi) is 4.32. The number of pyridine rings is 1. The van der Waals surface area contributed by atoms with Crippen molar-refractivity contribution in [2.24, 2.45) is 0 Å². The molecule has 6 heteroatoms. The summed E-state index contributed by atoms with van der Waals surface area (Å²) in [5, 5.41) is 13.3. The fraction of sp³-hybridized carbons (Fsp3) is 0.238. The van der Waals surface area contributed by atoms with Crippen LogP contribution < -0.4 is 0 Å². The maximum atomic E-state index is 12.3. The maximum Gasteiger partial charge on any atom is 0.220 e. The lowest BCUT2D eigenvalue weighted by molar-refractivity contribution is -0.130. The zero-order chi connectivity index (χ0) is 19.0. The normalized spacial score (nSPS) is 11.2. The van der Waals surface area contributed by atoms with Gasteiger partial charge < -0.3 is 4.90 Å². The molecule has 0 aliphatic carbocycles. The van der Waals surface area contributed by atoms with Gasteiger partial charge in [0, 0.05) is 31.0 Å². The molecule has 6 nitrogen and oxygen atoms in total. The van der Waals surface area contributed by atoms with Crippen LogP contribution in [0.5, 0.6) is 0 Å². The van der Waals surface area contributed by atoms with E-state index >= 15 is 0 Å². The molecular formula is C21H21N5O. The van der Waals surface area contributed by atoms with Crippen molar-refractivity contribution in [3.8, 4) is 0 Å². The van der Waals surface area contributed by atoms with Crippen LogP contribution >= 0.6 is 0 Å². The quantitative estimate of drug-likeness (QED) is 0.560. The van der Waals surface area contributed by atoms with Crippen molar-refractivity contribution < 1.29 is 4.79 Å². The van der Waals surface area contributed by atoms with Crippen LogP contribution in [0.15, 0.2) is 48.5 Å². The molecule has 0 saturated carbocycles. The van der Waals surface area contributed by atoms with Gasteiger partial charge in [-0.1, -0.05) is 48.0 Å². The fourth-order valence-electron chi connectivity index (χ4n) is 3.39. The molecule has 0 radical (unpaired) electrons. The number of aryl methyl sites for hydroxylation is 2. The first-order chi connectivity index (χ1) is 13.0. The molecular weight excluding hydrogens is 338 g/mol. The topological polar surface area (TPSA) is 63.4 Å². The first-order valence-electron chi connectivity index (χ1n) is 8.93. The van der Waals surface area contributed by atoms with Crippen LogP contribution in [0.3, 0.4) is 0 Å². The minimum Gasteiger partial charge on any atom is -0.334 e. The summed E-state index contributed by atoms with van der Waals surface area (Å²) in [6.07, 6.45) is 0. The van der Waals surface area contributed by atoms with Crippen LogP contribution in [0, 0.1) is 13.8 Å². The lowest BCUT2D eigenvalue weighted by atomic mass is 10.1. The molecule has 1 amide bonds. The summed E-state index contributed by atoms with van der Waals surface area (Å²) >= 11 is 0. The van der Waals surface area contributed by atoms with Crippen LogP contribution in [-0.2, 0) is 17.9 Å². The third kappa shape index (κ3) is 3.26. The number of fused-ring (bicyclic) bond motifs is 3.